The van der Waals surface area contributed by atoms with Gasteiger partial charge in [-0.05, 0) is 38.0 Å². The van der Waals surface area contributed by atoms with Crippen LogP contribution in [0.3, 0.4) is 0 Å². The molecule has 0 spiro atoms. The Labute approximate surface area is 175 Å². The number of hydrazone groups is 1. The lowest BCUT2D eigenvalue weighted by atomic mass is 10.1. The van der Waals surface area contributed by atoms with Gasteiger partial charge in [0.2, 0.25) is 5.88 Å². The first-order chi connectivity index (χ1) is 14.3. The molecule has 0 aliphatic heterocycles. The number of hydrogen-bond acceptors (Lipinski definition) is 8. The van der Waals surface area contributed by atoms with Gasteiger partial charge in [-0.3, -0.25) is 0 Å². The van der Waals surface area contributed by atoms with Gasteiger partial charge in [0.25, 0.3) is 0 Å². The van der Waals surface area contributed by atoms with Crippen LogP contribution < -0.4 is 21.6 Å². The quantitative estimate of drug-likeness (QED) is 0.222. The minimum Gasteiger partial charge on any atom is -0.477 e. The number of fused-ring (bicyclic) bond motifs is 1. The standard InChI is InChI=1S/C20H29N9O/c1-6-30-20-14(8-7-9-23-20)15-10-16(24-11-17(21)27-28(5)22)19-18(12(2)3)25-13(4)29(19)26-15/h7-10,12,24H,6,11,22H2,1-5H3,(H2,21,27). The topological polar surface area (TPSA) is 132 Å². The zero-order valence-corrected chi connectivity index (χ0v) is 18.0. The number of nitrogens with one attached hydrogen (secondary N) is 1. The fourth-order valence-electron chi connectivity index (χ4n) is 3.19. The second-order valence-electron chi connectivity index (χ2n) is 7.21. The molecule has 0 aliphatic carbocycles. The maximum absolute atomic E-state index is 5.98. The molecule has 0 saturated carbocycles. The monoisotopic (exact) mass is 411 g/mol. The van der Waals surface area contributed by atoms with Crippen molar-refractivity contribution < 1.29 is 4.74 Å². The molecule has 0 fully saturated rings. The molecule has 3 aromatic heterocycles. The Morgan fingerprint density at radius 1 is 1.40 bits per heavy atom. The van der Waals surface area contributed by atoms with Gasteiger partial charge in [0.05, 0.1) is 35.8 Å². The summed E-state index contributed by atoms with van der Waals surface area (Å²) in [5.41, 5.74) is 10.2. The Morgan fingerprint density at radius 2 is 2.17 bits per heavy atom. The number of nitrogens with two attached hydrogens (primary N) is 2. The third-order valence-electron chi connectivity index (χ3n) is 4.41. The van der Waals surface area contributed by atoms with Crippen LogP contribution in [-0.2, 0) is 0 Å². The number of amidine groups is 1. The highest BCUT2D eigenvalue weighted by Gasteiger charge is 2.20. The van der Waals surface area contributed by atoms with Crippen molar-refractivity contribution in [3.05, 3.63) is 35.9 Å². The molecule has 0 unspecified atom stereocenters. The van der Waals surface area contributed by atoms with Crippen LogP contribution in [0.25, 0.3) is 16.8 Å². The predicted octanol–water partition coefficient (Wildman–Crippen LogP) is 2.11. The molecular weight excluding hydrogens is 382 g/mol. The summed E-state index contributed by atoms with van der Waals surface area (Å²) in [5, 5.41) is 13.4. The number of hydrazine groups is 1. The number of anilines is 1. The highest BCUT2D eigenvalue weighted by molar-refractivity contribution is 5.87. The molecule has 0 saturated heterocycles. The van der Waals surface area contributed by atoms with Crippen LogP contribution in [0.2, 0.25) is 0 Å². The number of ether oxygens (including phenoxy) is 1. The van der Waals surface area contributed by atoms with Gasteiger partial charge in [0.1, 0.15) is 17.2 Å². The molecule has 0 radical (unpaired) electrons. The number of pyridine rings is 1. The van der Waals surface area contributed by atoms with E-state index in [1.54, 1.807) is 13.2 Å². The number of hydrogen-bond donors (Lipinski definition) is 3. The van der Waals surface area contributed by atoms with Gasteiger partial charge >= 0.3 is 0 Å². The summed E-state index contributed by atoms with van der Waals surface area (Å²) in [6, 6.07) is 5.75. The van der Waals surface area contributed by atoms with Crippen molar-refractivity contribution in [2.45, 2.75) is 33.6 Å². The number of rotatable bonds is 8. The average Bonchev–Trinajstić information content (AvgIpc) is 3.03. The van der Waals surface area contributed by atoms with Crippen molar-refractivity contribution in [1.29, 1.82) is 0 Å². The molecule has 3 heterocycles. The molecule has 10 nitrogen and oxygen atoms in total. The van der Waals surface area contributed by atoms with E-state index in [4.69, 9.17) is 26.4 Å². The van der Waals surface area contributed by atoms with Gasteiger partial charge in [0.15, 0.2) is 0 Å². The Bertz CT molecular complexity index is 1060. The number of imidazole rings is 1. The molecule has 160 valence electrons. The van der Waals surface area contributed by atoms with Crippen LogP contribution in [0.15, 0.2) is 29.5 Å². The van der Waals surface area contributed by atoms with Gasteiger partial charge in [-0.1, -0.05) is 13.8 Å². The van der Waals surface area contributed by atoms with Crippen LogP contribution in [0.4, 0.5) is 5.69 Å². The molecule has 0 bridgehead atoms. The van der Waals surface area contributed by atoms with Crippen LogP contribution in [0.5, 0.6) is 5.88 Å². The summed E-state index contributed by atoms with van der Waals surface area (Å²) in [6.45, 7) is 8.89. The minimum absolute atomic E-state index is 0.223. The lowest BCUT2D eigenvalue weighted by molar-refractivity contribution is 0.328. The lowest BCUT2D eigenvalue weighted by Gasteiger charge is -2.14. The molecule has 3 rings (SSSR count). The van der Waals surface area contributed by atoms with Gasteiger partial charge in [-0.15, -0.1) is 5.10 Å². The van der Waals surface area contributed by atoms with E-state index in [1.807, 2.05) is 36.6 Å². The largest absolute Gasteiger partial charge is 0.477 e. The number of aryl methyl sites for hydroxylation is 1. The van der Waals surface area contributed by atoms with Crippen LogP contribution >= 0.6 is 0 Å². The van der Waals surface area contributed by atoms with E-state index in [9.17, 15) is 0 Å². The summed E-state index contributed by atoms with van der Waals surface area (Å²) < 4.78 is 7.55. The third-order valence-corrected chi connectivity index (χ3v) is 4.41. The predicted molar refractivity (Wildman–Crippen MR) is 118 cm³/mol. The summed E-state index contributed by atoms with van der Waals surface area (Å²) in [6.07, 6.45) is 1.70. The molecule has 30 heavy (non-hydrogen) atoms. The van der Waals surface area contributed by atoms with Crippen molar-refractivity contribution in [1.82, 2.24) is 24.7 Å². The first-order valence-corrected chi connectivity index (χ1v) is 9.85. The van der Waals surface area contributed by atoms with Crippen molar-refractivity contribution in [2.24, 2.45) is 16.7 Å². The first-order valence-electron chi connectivity index (χ1n) is 9.85. The SMILES string of the molecule is CCOc1ncccc1-c1cc(NC/C(N)=N/N(C)N)c2c(C(C)C)nc(C)n2n1. The van der Waals surface area contributed by atoms with Crippen LogP contribution in [0.1, 0.15) is 38.2 Å². The van der Waals surface area contributed by atoms with Gasteiger partial charge < -0.3 is 15.8 Å². The van der Waals surface area contributed by atoms with E-state index in [-0.39, 0.29) is 5.92 Å². The first kappa shape index (κ1) is 21.3. The Kier molecular flexibility index (Phi) is 6.36. The Morgan fingerprint density at radius 3 is 2.83 bits per heavy atom. The minimum atomic E-state index is 0.223. The Balaban J connectivity index is 2.16. The van der Waals surface area contributed by atoms with E-state index >= 15 is 0 Å². The van der Waals surface area contributed by atoms with Crippen molar-refractivity contribution in [2.75, 3.05) is 25.5 Å². The van der Waals surface area contributed by atoms with Gasteiger partial charge in [0, 0.05) is 13.2 Å². The van der Waals surface area contributed by atoms with E-state index in [1.165, 1.54) is 5.12 Å². The summed E-state index contributed by atoms with van der Waals surface area (Å²) >= 11 is 0. The van der Waals surface area contributed by atoms with Crippen LogP contribution in [0, 0.1) is 6.92 Å². The van der Waals surface area contributed by atoms with E-state index in [0.29, 0.717) is 30.6 Å². The molecule has 0 aliphatic rings. The molecule has 3 aromatic rings. The maximum atomic E-state index is 5.98. The highest BCUT2D eigenvalue weighted by Crippen LogP contribution is 2.33. The van der Waals surface area contributed by atoms with E-state index in [2.05, 4.69) is 29.2 Å². The fraction of sp³-hybridized carbons (Fsp3) is 0.400. The maximum Gasteiger partial charge on any atom is 0.222 e. The van der Waals surface area contributed by atoms with Gasteiger partial charge in [-0.25, -0.2) is 25.4 Å². The van der Waals surface area contributed by atoms with Crippen LogP contribution in [-0.4, -0.2) is 50.7 Å². The highest BCUT2D eigenvalue weighted by atomic mass is 16.5. The third kappa shape index (κ3) is 4.43. The van der Waals surface area contributed by atoms with Crippen molar-refractivity contribution >= 4 is 17.0 Å². The summed E-state index contributed by atoms with van der Waals surface area (Å²) in [4.78, 5) is 9.09. The molecule has 0 atom stereocenters. The molecule has 10 heteroatoms. The summed E-state index contributed by atoms with van der Waals surface area (Å²) in [5.74, 6) is 7.47. The fourth-order valence-corrected chi connectivity index (χ4v) is 3.19. The zero-order chi connectivity index (χ0) is 21.8. The number of nitrogens with zero attached hydrogens (tertiary/aromatic N) is 6. The summed E-state index contributed by atoms with van der Waals surface area (Å²) in [7, 11) is 1.62. The zero-order valence-electron chi connectivity index (χ0n) is 18.0. The number of aromatic nitrogens is 4. The second-order valence-corrected chi connectivity index (χ2v) is 7.21. The van der Waals surface area contributed by atoms with Crippen molar-refractivity contribution in [3.63, 3.8) is 0 Å². The molecule has 0 aromatic carbocycles. The molecule has 0 amide bonds. The Hall–Kier alpha value is -3.40. The smallest absolute Gasteiger partial charge is 0.222 e. The van der Waals surface area contributed by atoms with Crippen molar-refractivity contribution in [3.8, 4) is 17.1 Å². The van der Waals surface area contributed by atoms with Gasteiger partial charge in [-0.2, -0.15) is 5.10 Å². The second kappa shape index (κ2) is 8.95. The van der Waals surface area contributed by atoms with E-state index in [0.717, 1.165) is 28.3 Å². The van der Waals surface area contributed by atoms with E-state index < -0.39 is 0 Å². The lowest BCUT2D eigenvalue weighted by Crippen LogP contribution is -2.29. The molecular formula is C20H29N9O. The molecule has 5 N–H and O–H groups in total. The average molecular weight is 412 g/mol. The normalized spacial score (nSPS) is 11.9.